The van der Waals surface area contributed by atoms with Crippen LogP contribution in [0.15, 0.2) is 55.2 Å². The van der Waals surface area contributed by atoms with E-state index < -0.39 is 0 Å². The van der Waals surface area contributed by atoms with E-state index in [1.807, 2.05) is 6.07 Å². The maximum Gasteiger partial charge on any atom is 0.264 e. The summed E-state index contributed by atoms with van der Waals surface area (Å²) in [5.41, 5.74) is -0.0926. The van der Waals surface area contributed by atoms with Crippen molar-refractivity contribution in [1.82, 2.24) is 9.55 Å². The largest absolute Gasteiger partial charge is 0.328 e. The third kappa shape index (κ3) is 4.32. The van der Waals surface area contributed by atoms with Gasteiger partial charge in [0.1, 0.15) is 0 Å². The summed E-state index contributed by atoms with van der Waals surface area (Å²) in [6.07, 6.45) is 3.31. The minimum Gasteiger partial charge on any atom is -0.328 e. The zero-order valence-corrected chi connectivity index (χ0v) is 12.2. The highest BCUT2D eigenvalue weighted by Crippen LogP contribution is 1.98. The molecule has 0 spiro atoms. The van der Waals surface area contributed by atoms with Gasteiger partial charge < -0.3 is 9.55 Å². The van der Waals surface area contributed by atoms with Crippen molar-refractivity contribution < 1.29 is 0 Å². The summed E-state index contributed by atoms with van der Waals surface area (Å²) in [5, 5.41) is 0. The number of nitrogens with zero attached hydrogens (tertiary/aromatic N) is 1. The quantitative estimate of drug-likeness (QED) is 0.782. The first-order valence-corrected chi connectivity index (χ1v) is 6.25. The molecule has 17 heavy (non-hydrogen) atoms. The predicted octanol–water partition coefficient (Wildman–Crippen LogP) is 2.29. The third-order valence-electron chi connectivity index (χ3n) is 1.85. The third-order valence-corrected chi connectivity index (χ3v) is 3.07. The molecule has 2 rings (SSSR count). The van der Waals surface area contributed by atoms with Gasteiger partial charge in [0.25, 0.3) is 11.1 Å². The Balaban J connectivity index is 0.000000171. The van der Waals surface area contributed by atoms with Crippen LogP contribution in [0.1, 0.15) is 0 Å². The molecule has 0 radical (unpaired) electrons. The minimum atomic E-state index is -0.0903. The molecule has 0 aliphatic carbocycles. The summed E-state index contributed by atoms with van der Waals surface area (Å²) < 4.78 is 2.69. The van der Waals surface area contributed by atoms with Crippen LogP contribution in [-0.4, -0.2) is 9.55 Å². The fourth-order valence-electron chi connectivity index (χ4n) is 0.965. The van der Waals surface area contributed by atoms with Gasteiger partial charge in [0, 0.05) is 19.4 Å². The summed E-state index contributed by atoms with van der Waals surface area (Å²) in [4.78, 5) is 23.9. The zero-order valence-electron chi connectivity index (χ0n) is 8.98. The van der Waals surface area contributed by atoms with Crippen molar-refractivity contribution in [1.29, 1.82) is 0 Å². The Morgan fingerprint density at radius 1 is 1.12 bits per heavy atom. The Kier molecular flexibility index (Phi) is 5.37. The van der Waals surface area contributed by atoms with Gasteiger partial charge in [-0.1, -0.05) is 0 Å². The fourth-order valence-corrected chi connectivity index (χ4v) is 1.66. The van der Waals surface area contributed by atoms with Crippen LogP contribution >= 0.6 is 31.9 Å². The highest BCUT2D eigenvalue weighted by atomic mass is 79.9. The molecule has 2 heterocycles. The number of aryl methyl sites for hydroxylation is 1. The lowest BCUT2D eigenvalue weighted by molar-refractivity contribution is 0.853. The number of nitrogens with one attached hydrogen (secondary N) is 1. The molecule has 1 N–H and O–H groups in total. The molecule has 0 saturated carbocycles. The molecule has 0 bridgehead atoms. The van der Waals surface area contributed by atoms with Crippen LogP contribution in [-0.2, 0) is 7.05 Å². The van der Waals surface area contributed by atoms with Gasteiger partial charge in [0.15, 0.2) is 0 Å². The molecule has 0 saturated heterocycles. The molecule has 0 aliphatic heterocycles. The normalized spacial score (nSPS) is 9.35. The molecule has 0 unspecified atom stereocenters. The Bertz CT molecular complexity index is 581. The van der Waals surface area contributed by atoms with Crippen molar-refractivity contribution >= 4 is 31.9 Å². The second-order valence-corrected chi connectivity index (χ2v) is 4.83. The first-order chi connectivity index (χ1) is 8.02. The van der Waals surface area contributed by atoms with Gasteiger partial charge in [-0.2, -0.15) is 0 Å². The molecule has 0 aromatic carbocycles. The van der Waals surface area contributed by atoms with Crippen molar-refractivity contribution in [2.45, 2.75) is 0 Å². The van der Waals surface area contributed by atoms with E-state index in [4.69, 9.17) is 0 Å². The Hall–Kier alpha value is -1.14. The molecule has 4 nitrogen and oxygen atoms in total. The lowest BCUT2D eigenvalue weighted by Gasteiger charge is -1.93. The number of pyridine rings is 2. The second kappa shape index (κ2) is 6.56. The number of aromatic nitrogens is 2. The molecule has 90 valence electrons. The zero-order chi connectivity index (χ0) is 12.8. The SMILES string of the molecule is Cn1cccc(Br)c1=O.O=c1[nH]cccc1Br. The van der Waals surface area contributed by atoms with E-state index in [2.05, 4.69) is 36.8 Å². The van der Waals surface area contributed by atoms with Gasteiger partial charge in [0.05, 0.1) is 8.95 Å². The van der Waals surface area contributed by atoms with Crippen molar-refractivity contribution in [3.63, 3.8) is 0 Å². The molecule has 0 fully saturated rings. The molecule has 0 atom stereocenters. The number of aromatic amines is 1. The monoisotopic (exact) mass is 360 g/mol. The maximum atomic E-state index is 10.9. The predicted molar refractivity (Wildman–Crippen MR) is 74.1 cm³/mol. The topological polar surface area (TPSA) is 54.9 Å². The van der Waals surface area contributed by atoms with Crippen molar-refractivity contribution in [2.75, 3.05) is 0 Å². The summed E-state index contributed by atoms with van der Waals surface area (Å²) in [6, 6.07) is 6.98. The smallest absolute Gasteiger partial charge is 0.264 e. The fraction of sp³-hybridized carbons (Fsp3) is 0.0909. The van der Waals surface area contributed by atoms with E-state index in [0.717, 1.165) is 0 Å². The second-order valence-electron chi connectivity index (χ2n) is 3.12. The summed E-state index contributed by atoms with van der Waals surface area (Å²) >= 11 is 6.16. The summed E-state index contributed by atoms with van der Waals surface area (Å²) in [7, 11) is 1.72. The number of rotatable bonds is 0. The standard InChI is InChI=1S/C6H6BrNO.C5H4BrNO/c1-8-4-2-3-5(7)6(8)9;6-4-2-1-3-7-5(4)8/h2-4H,1H3;1-3H,(H,7,8). The maximum absolute atomic E-state index is 10.9. The lowest BCUT2D eigenvalue weighted by atomic mass is 10.5. The molecular weight excluding hydrogens is 352 g/mol. The van der Waals surface area contributed by atoms with Crippen LogP contribution in [0.2, 0.25) is 0 Å². The van der Waals surface area contributed by atoms with Gasteiger partial charge >= 0.3 is 0 Å². The van der Waals surface area contributed by atoms with E-state index in [1.165, 1.54) is 4.57 Å². The Morgan fingerprint density at radius 3 is 2.18 bits per heavy atom. The van der Waals surface area contributed by atoms with E-state index >= 15 is 0 Å². The molecule has 2 aromatic heterocycles. The van der Waals surface area contributed by atoms with Crippen molar-refractivity contribution in [2.24, 2.45) is 7.05 Å². The molecule has 0 amide bonds. The minimum absolute atomic E-state index is 0.00231. The van der Waals surface area contributed by atoms with Crippen molar-refractivity contribution in [3.05, 3.63) is 66.3 Å². The highest BCUT2D eigenvalue weighted by molar-refractivity contribution is 9.10. The van der Waals surface area contributed by atoms with Crippen LogP contribution in [0.3, 0.4) is 0 Å². The van der Waals surface area contributed by atoms with Crippen LogP contribution in [0.5, 0.6) is 0 Å². The number of halogens is 2. The average molecular weight is 362 g/mol. The summed E-state index contributed by atoms with van der Waals surface area (Å²) in [5.74, 6) is 0. The van der Waals surface area contributed by atoms with Crippen LogP contribution in [0.4, 0.5) is 0 Å². The Morgan fingerprint density at radius 2 is 1.76 bits per heavy atom. The van der Waals surface area contributed by atoms with Gasteiger partial charge in [-0.15, -0.1) is 0 Å². The van der Waals surface area contributed by atoms with E-state index in [-0.39, 0.29) is 11.1 Å². The van der Waals surface area contributed by atoms with Gasteiger partial charge in [-0.05, 0) is 56.1 Å². The van der Waals surface area contributed by atoms with E-state index in [0.29, 0.717) is 8.95 Å². The van der Waals surface area contributed by atoms with E-state index in [9.17, 15) is 9.59 Å². The number of hydrogen-bond donors (Lipinski definition) is 1. The number of H-pyrrole nitrogens is 1. The van der Waals surface area contributed by atoms with Gasteiger partial charge in [0.2, 0.25) is 0 Å². The average Bonchev–Trinajstić information content (AvgIpc) is 2.31. The highest BCUT2D eigenvalue weighted by Gasteiger charge is 1.92. The first-order valence-electron chi connectivity index (χ1n) is 4.66. The summed E-state index contributed by atoms with van der Waals surface area (Å²) in [6.45, 7) is 0. The Labute approximate surface area is 115 Å². The van der Waals surface area contributed by atoms with Gasteiger partial charge in [-0.25, -0.2) is 0 Å². The van der Waals surface area contributed by atoms with Crippen LogP contribution < -0.4 is 11.1 Å². The van der Waals surface area contributed by atoms with E-state index in [1.54, 1.807) is 37.6 Å². The molecule has 0 aliphatic rings. The molecule has 6 heteroatoms. The van der Waals surface area contributed by atoms with Crippen LogP contribution in [0.25, 0.3) is 0 Å². The molecule has 2 aromatic rings. The lowest BCUT2D eigenvalue weighted by Crippen LogP contribution is -2.15. The van der Waals surface area contributed by atoms with Crippen molar-refractivity contribution in [3.8, 4) is 0 Å². The number of hydrogen-bond acceptors (Lipinski definition) is 2. The molecular formula is C11H10Br2N2O2. The van der Waals surface area contributed by atoms with Crippen LogP contribution in [0, 0.1) is 0 Å². The van der Waals surface area contributed by atoms with Gasteiger partial charge in [-0.3, -0.25) is 9.59 Å². The first kappa shape index (κ1) is 13.9.